The van der Waals surface area contributed by atoms with Crippen molar-refractivity contribution >= 4 is 93.1 Å². The standard InChI is InChI=1S/C20H13F5N4O3.C19H13ClF2N4O3.C19H14ClFN4O3/c21-12-5-3-10(20(23,24)25)8-15(12)29-19(31)28-14-6-4-11(9-13(14)22)32-16-2-1-7-27-17(16)18(26)30;20-10-3-5-12(21)15(8-10)26-19(28)25-14-6-4-11(9-13(14)22)29-16-2-1-7-24-17(16)18(23)27;20-11-3-8-14(21)15(10-11)25-19(27)24-12-4-6-13(7-5-12)28-16-2-1-9-23-17(16)18(22)26/h1-9H,(H2,26,30)(H2,28,29,31);1-9H,(H2,23,27)(H2,25,26,28);1-10H,(H2,22,26)(H2,24,25,27). The molecule has 9 aromatic rings. The normalized spacial score (nSPS) is 10.5. The zero-order chi connectivity index (χ0) is 64.5. The van der Waals surface area contributed by atoms with Crippen LogP contribution >= 0.6 is 23.2 Å². The third kappa shape index (κ3) is 18.7. The van der Waals surface area contributed by atoms with Gasteiger partial charge >= 0.3 is 24.3 Å². The van der Waals surface area contributed by atoms with Gasteiger partial charge in [0, 0.05) is 46.5 Å². The Kier molecular flexibility index (Phi) is 21.5. The minimum Gasteiger partial charge on any atom is -0.455 e. The molecule has 9 amide bonds. The van der Waals surface area contributed by atoms with E-state index in [0.29, 0.717) is 34.7 Å². The Morgan fingerprint density at radius 1 is 0.382 bits per heavy atom. The Bertz CT molecular complexity index is 4140. The van der Waals surface area contributed by atoms with Crippen LogP contribution < -0.4 is 63.3 Å². The molecule has 0 spiro atoms. The van der Waals surface area contributed by atoms with E-state index in [4.69, 9.17) is 54.6 Å². The van der Waals surface area contributed by atoms with Crippen LogP contribution in [0.25, 0.3) is 0 Å². The molecule has 0 saturated heterocycles. The molecule has 0 aliphatic carbocycles. The number of carbonyl (C=O) groups excluding carboxylic acids is 6. The highest BCUT2D eigenvalue weighted by Crippen LogP contribution is 2.34. The van der Waals surface area contributed by atoms with Gasteiger partial charge in [0.05, 0.1) is 34.0 Å². The predicted molar refractivity (Wildman–Crippen MR) is 310 cm³/mol. The second-order valence-electron chi connectivity index (χ2n) is 17.4. The van der Waals surface area contributed by atoms with Crippen molar-refractivity contribution in [2.75, 3.05) is 31.9 Å². The van der Waals surface area contributed by atoms with Crippen molar-refractivity contribution in [3.05, 3.63) is 232 Å². The molecule has 0 aliphatic rings. The van der Waals surface area contributed by atoms with E-state index < -0.39 is 82.3 Å². The first kappa shape index (κ1) is 65.0. The summed E-state index contributed by atoms with van der Waals surface area (Å²) in [4.78, 5) is 81.6. The number of aromatic nitrogens is 3. The maximum Gasteiger partial charge on any atom is 0.416 e. The van der Waals surface area contributed by atoms with E-state index in [9.17, 15) is 63.9 Å². The molecule has 0 bridgehead atoms. The summed E-state index contributed by atoms with van der Waals surface area (Å²) in [6.07, 6.45) is -0.638. The fourth-order valence-corrected chi connectivity index (χ4v) is 7.45. The first-order valence-corrected chi connectivity index (χ1v) is 25.5. The number of ether oxygens (including phenoxy) is 3. The van der Waals surface area contributed by atoms with Gasteiger partial charge in [0.1, 0.15) is 46.3 Å². The number of amides is 9. The van der Waals surface area contributed by atoms with Crippen LogP contribution in [0.5, 0.6) is 34.5 Å². The first-order chi connectivity index (χ1) is 42.3. The van der Waals surface area contributed by atoms with Crippen LogP contribution in [0.3, 0.4) is 0 Å². The molecule has 3 aromatic heterocycles. The van der Waals surface area contributed by atoms with Crippen molar-refractivity contribution < 1.29 is 78.1 Å². The molecule has 0 saturated carbocycles. The van der Waals surface area contributed by atoms with E-state index in [-0.39, 0.29) is 73.6 Å². The maximum atomic E-state index is 14.4. The van der Waals surface area contributed by atoms with Crippen LogP contribution in [0.1, 0.15) is 37.0 Å². The van der Waals surface area contributed by atoms with Crippen molar-refractivity contribution in [2.24, 2.45) is 17.2 Å². The number of halogens is 10. The zero-order valence-electron chi connectivity index (χ0n) is 44.7. The number of anilines is 6. The van der Waals surface area contributed by atoms with Gasteiger partial charge in [-0.15, -0.1) is 0 Å². The minimum atomic E-state index is -4.74. The van der Waals surface area contributed by atoms with E-state index in [1.807, 2.05) is 10.6 Å². The van der Waals surface area contributed by atoms with Gasteiger partial charge < -0.3 is 63.3 Å². The molecule has 0 unspecified atom stereocenters. The van der Waals surface area contributed by atoms with Gasteiger partial charge in [-0.25, -0.2) is 51.3 Å². The van der Waals surface area contributed by atoms with Gasteiger partial charge in [0.25, 0.3) is 17.7 Å². The molecule has 0 atom stereocenters. The van der Waals surface area contributed by atoms with E-state index >= 15 is 0 Å². The Labute approximate surface area is 506 Å². The smallest absolute Gasteiger partial charge is 0.416 e. The second-order valence-corrected chi connectivity index (χ2v) is 18.3. The van der Waals surface area contributed by atoms with Gasteiger partial charge in [-0.3, -0.25) is 14.4 Å². The third-order valence-electron chi connectivity index (χ3n) is 11.1. The Balaban J connectivity index is 0.000000191. The zero-order valence-corrected chi connectivity index (χ0v) is 46.2. The molecule has 0 aliphatic heterocycles. The summed E-state index contributed by atoms with van der Waals surface area (Å²) in [5.41, 5.74) is 13.1. The summed E-state index contributed by atoms with van der Waals surface area (Å²) in [6.45, 7) is 0. The third-order valence-corrected chi connectivity index (χ3v) is 11.6. The number of hydrogen-bond donors (Lipinski definition) is 9. The number of benzene rings is 6. The molecule has 0 radical (unpaired) electrons. The molecule has 31 heteroatoms. The fraction of sp³-hybridized carbons (Fsp3) is 0.0172. The lowest BCUT2D eigenvalue weighted by Gasteiger charge is -2.13. The molecule has 21 nitrogen and oxygen atoms in total. The first-order valence-electron chi connectivity index (χ1n) is 24.8. The van der Waals surface area contributed by atoms with Crippen LogP contribution in [0.2, 0.25) is 10.0 Å². The molecule has 9 rings (SSSR count). The second kappa shape index (κ2) is 29.5. The minimum absolute atomic E-state index is 0.00706. The predicted octanol–water partition coefficient (Wildman–Crippen LogP) is 13.9. The molecular weight excluding hydrogens is 1230 g/mol. The van der Waals surface area contributed by atoms with Crippen LogP contribution in [0.4, 0.5) is 83.6 Å². The lowest BCUT2D eigenvalue weighted by atomic mass is 10.2. The summed E-state index contributed by atoms with van der Waals surface area (Å²) in [6, 6.07) is 28.3. The largest absolute Gasteiger partial charge is 0.455 e. The molecule has 3 heterocycles. The molecule has 0 fully saturated rings. The van der Waals surface area contributed by atoms with Crippen molar-refractivity contribution in [1.29, 1.82) is 0 Å². The fourth-order valence-electron chi connectivity index (χ4n) is 7.10. The number of nitrogens with two attached hydrogens (primary N) is 3. The van der Waals surface area contributed by atoms with E-state index in [0.717, 1.165) is 30.3 Å². The van der Waals surface area contributed by atoms with E-state index in [1.54, 1.807) is 36.4 Å². The lowest BCUT2D eigenvalue weighted by Crippen LogP contribution is -2.21. The maximum absolute atomic E-state index is 14.4. The summed E-state index contributed by atoms with van der Waals surface area (Å²) in [5, 5.41) is 13.9. The lowest BCUT2D eigenvalue weighted by molar-refractivity contribution is -0.137. The summed E-state index contributed by atoms with van der Waals surface area (Å²) < 4.78 is 124. The number of nitrogens with one attached hydrogen (secondary N) is 6. The molecule has 89 heavy (non-hydrogen) atoms. The molecular formula is C58H40Cl2F8N12O9. The van der Waals surface area contributed by atoms with Crippen molar-refractivity contribution in [1.82, 2.24) is 15.0 Å². The number of pyridine rings is 3. The summed E-state index contributed by atoms with van der Waals surface area (Å²) >= 11 is 11.5. The quantitative estimate of drug-likeness (QED) is 0.0433. The van der Waals surface area contributed by atoms with Gasteiger partial charge in [-0.05, 0) is 140 Å². The van der Waals surface area contributed by atoms with Crippen LogP contribution in [-0.2, 0) is 6.18 Å². The topological polar surface area (TPSA) is 319 Å². The van der Waals surface area contributed by atoms with Crippen molar-refractivity contribution in [3.63, 3.8) is 0 Å². The van der Waals surface area contributed by atoms with Gasteiger partial charge in [0.15, 0.2) is 34.3 Å². The van der Waals surface area contributed by atoms with E-state index in [1.165, 1.54) is 85.3 Å². The molecule has 6 aromatic carbocycles. The average Bonchev–Trinajstić information content (AvgIpc) is 2.81. The monoisotopic (exact) mass is 1270 g/mol. The van der Waals surface area contributed by atoms with Crippen LogP contribution in [0, 0.1) is 29.1 Å². The number of nitrogens with zero attached hydrogens (tertiary/aromatic N) is 3. The number of urea groups is 3. The van der Waals surface area contributed by atoms with E-state index in [2.05, 4.69) is 36.2 Å². The number of carbonyl (C=O) groups is 6. The Hall–Kier alpha value is -11.6. The number of rotatable bonds is 15. The SMILES string of the molecule is NC(=O)c1ncccc1Oc1ccc(NC(=O)Nc2cc(C(F)(F)F)ccc2F)c(F)c1.NC(=O)c1ncccc1Oc1ccc(NC(=O)Nc2cc(Cl)ccc2F)c(F)c1.NC(=O)c1ncccc1Oc1ccc(NC(=O)Nc2cc(Cl)ccc2F)cc1. The Morgan fingerprint density at radius 3 is 1.09 bits per heavy atom. The van der Waals surface area contributed by atoms with Gasteiger partial charge in [-0.2, -0.15) is 13.2 Å². The van der Waals surface area contributed by atoms with Gasteiger partial charge in [0.2, 0.25) is 0 Å². The highest BCUT2D eigenvalue weighted by atomic mass is 35.5. The highest BCUT2D eigenvalue weighted by Gasteiger charge is 2.31. The van der Waals surface area contributed by atoms with Crippen molar-refractivity contribution in [2.45, 2.75) is 6.18 Å². The molecule has 12 N–H and O–H groups in total. The molecule has 456 valence electrons. The Morgan fingerprint density at radius 2 is 0.719 bits per heavy atom. The summed E-state index contributed by atoms with van der Waals surface area (Å²) in [7, 11) is 0. The average molecular weight is 1270 g/mol. The van der Waals surface area contributed by atoms with Crippen LogP contribution in [-0.4, -0.2) is 50.8 Å². The number of hydrogen-bond acceptors (Lipinski definition) is 12. The van der Waals surface area contributed by atoms with Crippen molar-refractivity contribution in [3.8, 4) is 34.5 Å². The highest BCUT2D eigenvalue weighted by molar-refractivity contribution is 6.31. The number of primary amides is 3. The summed E-state index contributed by atoms with van der Waals surface area (Å²) in [5.74, 6) is -5.97. The van der Waals surface area contributed by atoms with Gasteiger partial charge in [-0.1, -0.05) is 23.2 Å². The van der Waals surface area contributed by atoms with Crippen LogP contribution in [0.15, 0.2) is 170 Å². The number of alkyl halides is 3.